The fraction of sp³-hybridized carbons (Fsp3) is 0.250. The Morgan fingerprint density at radius 2 is 2.05 bits per heavy atom. The topological polar surface area (TPSA) is 97.2 Å². The third kappa shape index (κ3) is 3.70. The number of carbonyl (C=O) groups is 2. The van der Waals surface area contributed by atoms with Crippen LogP contribution in [0.5, 0.6) is 5.75 Å². The van der Waals surface area contributed by atoms with E-state index in [9.17, 15) is 9.59 Å². The molecular formula is C12H14N2O5. The van der Waals surface area contributed by atoms with Gasteiger partial charge in [0.2, 0.25) is 0 Å². The van der Waals surface area contributed by atoms with Crippen molar-refractivity contribution in [1.82, 2.24) is 0 Å². The van der Waals surface area contributed by atoms with Crippen LogP contribution in [-0.4, -0.2) is 36.5 Å². The highest BCUT2D eigenvalue weighted by molar-refractivity contribution is 6.65. The zero-order chi connectivity index (χ0) is 14.3. The van der Waals surface area contributed by atoms with Crippen molar-refractivity contribution >= 4 is 23.3 Å². The van der Waals surface area contributed by atoms with Crippen LogP contribution >= 0.6 is 0 Å². The van der Waals surface area contributed by atoms with Crippen LogP contribution in [0.3, 0.4) is 0 Å². The molecule has 0 aliphatic rings. The summed E-state index contributed by atoms with van der Waals surface area (Å²) in [4.78, 5) is 23.1. The van der Waals surface area contributed by atoms with Gasteiger partial charge < -0.3 is 20.0 Å². The van der Waals surface area contributed by atoms with Crippen LogP contribution in [0.1, 0.15) is 6.92 Å². The highest BCUT2D eigenvalue weighted by Gasteiger charge is 2.23. The lowest BCUT2D eigenvalue weighted by molar-refractivity contribution is -0.135. The van der Waals surface area contributed by atoms with Crippen LogP contribution in [0.4, 0.5) is 5.69 Å². The van der Waals surface area contributed by atoms with Crippen molar-refractivity contribution < 1.29 is 24.3 Å². The number of benzene rings is 1. The second kappa shape index (κ2) is 7.00. The predicted molar refractivity (Wildman–Crippen MR) is 67.5 cm³/mol. The Morgan fingerprint density at radius 1 is 1.37 bits per heavy atom. The second-order valence-electron chi connectivity index (χ2n) is 3.32. The quantitative estimate of drug-likeness (QED) is 0.273. The third-order valence-electron chi connectivity index (χ3n) is 2.14. The number of carbonyl (C=O) groups excluding carboxylic acids is 2. The molecule has 0 aliphatic carbocycles. The summed E-state index contributed by atoms with van der Waals surface area (Å²) >= 11 is 0. The second-order valence-corrected chi connectivity index (χ2v) is 3.32. The summed E-state index contributed by atoms with van der Waals surface area (Å²) in [6, 6.07) is 6.62. The van der Waals surface area contributed by atoms with Crippen molar-refractivity contribution in [2.75, 3.05) is 19.0 Å². The Morgan fingerprint density at radius 3 is 2.63 bits per heavy atom. The molecule has 0 unspecified atom stereocenters. The summed E-state index contributed by atoms with van der Waals surface area (Å²) < 4.78 is 9.62. The molecule has 1 amide bonds. The molecule has 0 aliphatic heterocycles. The van der Waals surface area contributed by atoms with Gasteiger partial charge in [-0.3, -0.25) is 4.79 Å². The van der Waals surface area contributed by atoms with Crippen LogP contribution < -0.4 is 10.1 Å². The summed E-state index contributed by atoms with van der Waals surface area (Å²) in [5.41, 5.74) is -0.381. The molecule has 0 aromatic heterocycles. The molecule has 0 heterocycles. The van der Waals surface area contributed by atoms with E-state index >= 15 is 0 Å². The van der Waals surface area contributed by atoms with Gasteiger partial charge in [-0.15, -0.1) is 0 Å². The van der Waals surface area contributed by atoms with Gasteiger partial charge in [-0.1, -0.05) is 17.3 Å². The molecule has 0 saturated heterocycles. The maximum Gasteiger partial charge on any atom is 0.366 e. The minimum absolute atomic E-state index is 0.0692. The van der Waals surface area contributed by atoms with E-state index in [2.05, 4.69) is 15.2 Å². The first kappa shape index (κ1) is 14.5. The normalized spacial score (nSPS) is 10.7. The Hall–Kier alpha value is -2.57. The number of hydrogen-bond acceptors (Lipinski definition) is 6. The number of hydrogen-bond donors (Lipinski definition) is 2. The maximum absolute atomic E-state index is 11.8. The number of methoxy groups -OCH3 is 1. The van der Waals surface area contributed by atoms with Gasteiger partial charge in [-0.25, -0.2) is 4.79 Å². The Balaban J connectivity index is 2.86. The monoisotopic (exact) mass is 266 g/mol. The van der Waals surface area contributed by atoms with Gasteiger partial charge in [-0.05, 0) is 19.1 Å². The smallest absolute Gasteiger partial charge is 0.366 e. The molecular weight excluding hydrogens is 252 g/mol. The van der Waals surface area contributed by atoms with Crippen LogP contribution in [0.15, 0.2) is 29.4 Å². The number of oxime groups is 1. The minimum Gasteiger partial charge on any atom is -0.495 e. The highest BCUT2D eigenvalue weighted by Crippen LogP contribution is 2.22. The van der Waals surface area contributed by atoms with Crippen molar-refractivity contribution in [3.05, 3.63) is 24.3 Å². The lowest BCUT2D eigenvalue weighted by atomic mass is 10.2. The molecule has 7 heteroatoms. The molecule has 0 bridgehead atoms. The fourth-order valence-corrected chi connectivity index (χ4v) is 1.31. The molecule has 0 radical (unpaired) electrons. The molecule has 102 valence electrons. The van der Waals surface area contributed by atoms with E-state index in [4.69, 9.17) is 9.94 Å². The molecule has 0 fully saturated rings. The van der Waals surface area contributed by atoms with Gasteiger partial charge in [0.1, 0.15) is 5.75 Å². The SMILES string of the molecule is CCOC(=O)C(=NO)C(=O)Nc1ccccc1OC. The van der Waals surface area contributed by atoms with Gasteiger partial charge in [0.15, 0.2) is 0 Å². The average Bonchev–Trinajstić information content (AvgIpc) is 2.40. The Kier molecular flexibility index (Phi) is 5.34. The zero-order valence-electron chi connectivity index (χ0n) is 10.5. The first-order chi connectivity index (χ1) is 9.13. The maximum atomic E-state index is 11.8. The number of nitrogens with zero attached hydrogens (tertiary/aromatic N) is 1. The molecule has 1 aromatic rings. The first-order valence-corrected chi connectivity index (χ1v) is 5.47. The van der Waals surface area contributed by atoms with Crippen LogP contribution in [0.25, 0.3) is 0 Å². The van der Waals surface area contributed by atoms with Crippen LogP contribution in [0.2, 0.25) is 0 Å². The zero-order valence-corrected chi connectivity index (χ0v) is 10.5. The van der Waals surface area contributed by atoms with Crippen molar-refractivity contribution in [1.29, 1.82) is 0 Å². The third-order valence-corrected chi connectivity index (χ3v) is 2.14. The molecule has 7 nitrogen and oxygen atoms in total. The Bertz CT molecular complexity index is 499. The van der Waals surface area contributed by atoms with Gasteiger partial charge in [-0.2, -0.15) is 0 Å². The average molecular weight is 266 g/mol. The van der Waals surface area contributed by atoms with E-state index in [0.717, 1.165) is 0 Å². The van der Waals surface area contributed by atoms with Crippen LogP contribution in [0, 0.1) is 0 Å². The summed E-state index contributed by atoms with van der Waals surface area (Å²) in [6.07, 6.45) is 0. The van der Waals surface area contributed by atoms with Gasteiger partial charge in [0.05, 0.1) is 19.4 Å². The van der Waals surface area contributed by atoms with E-state index in [1.54, 1.807) is 31.2 Å². The molecule has 2 N–H and O–H groups in total. The summed E-state index contributed by atoms with van der Waals surface area (Å²) in [6.45, 7) is 1.64. The summed E-state index contributed by atoms with van der Waals surface area (Å²) in [5, 5.41) is 13.7. The number of ether oxygens (including phenoxy) is 2. The van der Waals surface area contributed by atoms with E-state index in [0.29, 0.717) is 11.4 Å². The summed E-state index contributed by atoms with van der Waals surface area (Å²) in [7, 11) is 1.44. The number of amides is 1. The van der Waals surface area contributed by atoms with Gasteiger partial charge in [0.25, 0.3) is 11.6 Å². The van der Waals surface area contributed by atoms with Gasteiger partial charge >= 0.3 is 5.97 Å². The van der Waals surface area contributed by atoms with Crippen molar-refractivity contribution in [3.63, 3.8) is 0 Å². The fourth-order valence-electron chi connectivity index (χ4n) is 1.31. The van der Waals surface area contributed by atoms with Crippen molar-refractivity contribution in [3.8, 4) is 5.75 Å². The lowest BCUT2D eigenvalue weighted by Crippen LogP contribution is -2.31. The summed E-state index contributed by atoms with van der Waals surface area (Å²) in [5.74, 6) is -1.47. The van der Waals surface area contributed by atoms with E-state index < -0.39 is 17.6 Å². The highest BCUT2D eigenvalue weighted by atomic mass is 16.5. The van der Waals surface area contributed by atoms with Crippen molar-refractivity contribution in [2.45, 2.75) is 6.92 Å². The van der Waals surface area contributed by atoms with Crippen LogP contribution in [-0.2, 0) is 14.3 Å². The first-order valence-electron chi connectivity index (χ1n) is 5.47. The molecule has 19 heavy (non-hydrogen) atoms. The molecule has 0 spiro atoms. The lowest BCUT2D eigenvalue weighted by Gasteiger charge is -2.09. The van der Waals surface area contributed by atoms with E-state index in [1.165, 1.54) is 7.11 Å². The molecule has 0 saturated carbocycles. The number of para-hydroxylation sites is 2. The predicted octanol–water partition coefficient (Wildman–Crippen LogP) is 1.03. The molecule has 0 atom stereocenters. The van der Waals surface area contributed by atoms with E-state index in [-0.39, 0.29) is 6.61 Å². The number of esters is 1. The molecule has 1 aromatic carbocycles. The molecule has 1 rings (SSSR count). The number of anilines is 1. The largest absolute Gasteiger partial charge is 0.495 e. The Labute approximate surface area is 109 Å². The standard InChI is InChI=1S/C12H14N2O5/c1-3-19-12(16)10(14-17)11(15)13-8-6-4-5-7-9(8)18-2/h4-7,17H,3H2,1-2H3,(H,13,15). The number of nitrogens with one attached hydrogen (secondary N) is 1. The van der Waals surface area contributed by atoms with E-state index in [1.807, 2.05) is 0 Å². The van der Waals surface area contributed by atoms with Crippen molar-refractivity contribution in [2.24, 2.45) is 5.16 Å². The number of rotatable bonds is 5. The van der Waals surface area contributed by atoms with Gasteiger partial charge in [0, 0.05) is 0 Å². The minimum atomic E-state index is -1.00.